The van der Waals surface area contributed by atoms with Crippen molar-refractivity contribution in [3.05, 3.63) is 12.2 Å². The van der Waals surface area contributed by atoms with Crippen LogP contribution in [0.5, 0.6) is 0 Å². The van der Waals surface area contributed by atoms with Gasteiger partial charge in [-0.2, -0.15) is 0 Å². The second kappa shape index (κ2) is 2.39. The summed E-state index contributed by atoms with van der Waals surface area (Å²) in [7, 11) is 0. The molecule has 1 fully saturated rings. The van der Waals surface area contributed by atoms with Crippen molar-refractivity contribution in [3.8, 4) is 0 Å². The Morgan fingerprint density at radius 2 is 2.20 bits per heavy atom. The highest BCUT2D eigenvalue weighted by atomic mass is 14.5. The molecule has 0 spiro atoms. The van der Waals surface area contributed by atoms with Crippen LogP contribution in [0.4, 0.5) is 0 Å². The summed E-state index contributed by atoms with van der Waals surface area (Å²) < 4.78 is 0. The van der Waals surface area contributed by atoms with Gasteiger partial charge in [0.15, 0.2) is 0 Å². The van der Waals surface area contributed by atoms with E-state index in [-0.39, 0.29) is 0 Å². The quantitative estimate of drug-likeness (QED) is 0.574. The zero-order chi connectivity index (χ0) is 6.97. The molecule has 0 aromatic carbocycles. The average Bonchev–Trinajstić information content (AvgIpc) is 2.48. The van der Waals surface area contributed by atoms with E-state index < -0.39 is 0 Å². The number of fused-ring (bicyclic) bond motifs is 2. The molecule has 1 nitrogen and oxygen atoms in total. The Kier molecular flexibility index (Phi) is 1.53. The van der Waals surface area contributed by atoms with Crippen LogP contribution >= 0.6 is 0 Å². The van der Waals surface area contributed by atoms with E-state index in [1.54, 1.807) is 0 Å². The minimum atomic E-state index is 0.877. The molecule has 0 saturated heterocycles. The molecule has 0 heterocycles. The minimum Gasteiger partial charge on any atom is -0.330 e. The van der Waals surface area contributed by atoms with Crippen LogP contribution in [-0.2, 0) is 0 Å². The van der Waals surface area contributed by atoms with Gasteiger partial charge in [0.05, 0.1) is 0 Å². The van der Waals surface area contributed by atoms with Crippen LogP contribution in [0.1, 0.15) is 19.3 Å². The van der Waals surface area contributed by atoms with Crippen LogP contribution in [0.25, 0.3) is 0 Å². The van der Waals surface area contributed by atoms with Crippen LogP contribution in [0.3, 0.4) is 0 Å². The van der Waals surface area contributed by atoms with Crippen molar-refractivity contribution >= 4 is 0 Å². The molecule has 0 amide bonds. The molecule has 56 valence electrons. The Morgan fingerprint density at radius 1 is 1.30 bits per heavy atom. The summed E-state index contributed by atoms with van der Waals surface area (Å²) in [6.07, 6.45) is 8.86. The molecule has 3 atom stereocenters. The third-order valence-corrected chi connectivity index (χ3v) is 2.95. The maximum atomic E-state index is 5.52. The van der Waals surface area contributed by atoms with Crippen molar-refractivity contribution in [2.24, 2.45) is 23.5 Å². The molecule has 2 N–H and O–H groups in total. The predicted octanol–water partition coefficient (Wildman–Crippen LogP) is 1.55. The second-order valence-electron chi connectivity index (χ2n) is 3.62. The molecule has 2 rings (SSSR count). The lowest BCUT2D eigenvalue weighted by atomic mass is 9.91. The largest absolute Gasteiger partial charge is 0.330 e. The van der Waals surface area contributed by atoms with Crippen molar-refractivity contribution in [1.29, 1.82) is 0 Å². The average molecular weight is 137 g/mol. The first-order valence-electron chi connectivity index (χ1n) is 4.28. The van der Waals surface area contributed by atoms with Crippen molar-refractivity contribution in [1.82, 2.24) is 0 Å². The standard InChI is InChI=1S/C9H15N/c10-4-3-9-6-7-1-2-8(9)5-7/h1-2,7-9H,3-6,10H2. The summed E-state index contributed by atoms with van der Waals surface area (Å²) in [5.74, 6) is 2.75. The third-order valence-electron chi connectivity index (χ3n) is 2.95. The Hall–Kier alpha value is -0.300. The van der Waals surface area contributed by atoms with Crippen LogP contribution in [-0.4, -0.2) is 6.54 Å². The predicted molar refractivity (Wildman–Crippen MR) is 42.5 cm³/mol. The molecular weight excluding hydrogens is 122 g/mol. The summed E-state index contributed by atoms with van der Waals surface area (Å²) in [6, 6.07) is 0. The number of allylic oxidation sites excluding steroid dienone is 2. The second-order valence-corrected chi connectivity index (χ2v) is 3.62. The SMILES string of the molecule is NCCC1CC2C=CC1C2. The van der Waals surface area contributed by atoms with Gasteiger partial charge in [-0.1, -0.05) is 12.2 Å². The summed E-state index contributed by atoms with van der Waals surface area (Å²) >= 11 is 0. The molecule has 1 saturated carbocycles. The first-order valence-corrected chi connectivity index (χ1v) is 4.28. The highest BCUT2D eigenvalue weighted by Crippen LogP contribution is 2.44. The summed E-state index contributed by atoms with van der Waals surface area (Å²) in [4.78, 5) is 0. The number of nitrogens with two attached hydrogens (primary N) is 1. The van der Waals surface area contributed by atoms with E-state index in [9.17, 15) is 0 Å². The summed E-state index contributed by atoms with van der Waals surface area (Å²) in [5, 5.41) is 0. The monoisotopic (exact) mass is 137 g/mol. The molecule has 0 radical (unpaired) electrons. The normalized spacial score (nSPS) is 43.1. The van der Waals surface area contributed by atoms with Gasteiger partial charge in [0.25, 0.3) is 0 Å². The number of hydrogen-bond donors (Lipinski definition) is 1. The molecule has 2 aliphatic rings. The summed E-state index contributed by atoms with van der Waals surface area (Å²) in [6.45, 7) is 0.877. The van der Waals surface area contributed by atoms with E-state index in [2.05, 4.69) is 12.2 Å². The Labute approximate surface area is 62.3 Å². The zero-order valence-corrected chi connectivity index (χ0v) is 6.29. The molecular formula is C9H15N. The number of rotatable bonds is 2. The lowest BCUT2D eigenvalue weighted by molar-refractivity contribution is 0.422. The van der Waals surface area contributed by atoms with Crippen LogP contribution in [0, 0.1) is 17.8 Å². The maximum Gasteiger partial charge on any atom is -0.00744 e. The van der Waals surface area contributed by atoms with E-state index >= 15 is 0 Å². The van der Waals surface area contributed by atoms with Gasteiger partial charge < -0.3 is 5.73 Å². The molecule has 2 aliphatic carbocycles. The lowest BCUT2D eigenvalue weighted by Crippen LogP contribution is -2.12. The van der Waals surface area contributed by atoms with Crippen molar-refractivity contribution < 1.29 is 0 Å². The summed E-state index contributed by atoms with van der Waals surface area (Å²) in [5.41, 5.74) is 5.52. The topological polar surface area (TPSA) is 26.0 Å². The molecule has 0 aromatic heterocycles. The molecule has 1 heteroatoms. The zero-order valence-electron chi connectivity index (χ0n) is 6.29. The highest BCUT2D eigenvalue weighted by Gasteiger charge is 2.34. The van der Waals surface area contributed by atoms with Gasteiger partial charge in [-0.05, 0) is 43.6 Å². The van der Waals surface area contributed by atoms with Crippen molar-refractivity contribution in [2.45, 2.75) is 19.3 Å². The van der Waals surface area contributed by atoms with E-state index in [0.717, 1.165) is 24.3 Å². The molecule has 3 unspecified atom stereocenters. The first-order chi connectivity index (χ1) is 4.90. The van der Waals surface area contributed by atoms with Gasteiger partial charge in [-0.25, -0.2) is 0 Å². The third kappa shape index (κ3) is 0.891. The molecule has 0 aliphatic heterocycles. The van der Waals surface area contributed by atoms with Crippen LogP contribution in [0.15, 0.2) is 12.2 Å². The fourth-order valence-electron chi connectivity index (χ4n) is 2.44. The molecule has 0 aromatic rings. The van der Waals surface area contributed by atoms with E-state index in [1.165, 1.54) is 19.3 Å². The van der Waals surface area contributed by atoms with Gasteiger partial charge in [-0.15, -0.1) is 0 Å². The van der Waals surface area contributed by atoms with Gasteiger partial charge >= 0.3 is 0 Å². The van der Waals surface area contributed by atoms with Gasteiger partial charge in [0.1, 0.15) is 0 Å². The smallest absolute Gasteiger partial charge is 0.00744 e. The molecule has 2 bridgehead atoms. The Morgan fingerprint density at radius 3 is 2.70 bits per heavy atom. The van der Waals surface area contributed by atoms with Crippen LogP contribution in [0.2, 0.25) is 0 Å². The van der Waals surface area contributed by atoms with Gasteiger partial charge in [0.2, 0.25) is 0 Å². The Bertz CT molecular complexity index is 151. The lowest BCUT2D eigenvalue weighted by Gasteiger charge is -2.15. The maximum absolute atomic E-state index is 5.52. The fraction of sp³-hybridized carbons (Fsp3) is 0.778. The Balaban J connectivity index is 1.96. The molecule has 10 heavy (non-hydrogen) atoms. The van der Waals surface area contributed by atoms with Gasteiger partial charge in [-0.3, -0.25) is 0 Å². The van der Waals surface area contributed by atoms with E-state index in [4.69, 9.17) is 5.73 Å². The van der Waals surface area contributed by atoms with E-state index in [1.807, 2.05) is 0 Å². The highest BCUT2D eigenvalue weighted by molar-refractivity contribution is 5.09. The van der Waals surface area contributed by atoms with Crippen molar-refractivity contribution in [3.63, 3.8) is 0 Å². The van der Waals surface area contributed by atoms with E-state index in [0.29, 0.717) is 0 Å². The minimum absolute atomic E-state index is 0.877. The number of hydrogen-bond acceptors (Lipinski definition) is 1. The first kappa shape index (κ1) is 6.41. The van der Waals surface area contributed by atoms with Crippen LogP contribution < -0.4 is 5.73 Å². The fourth-order valence-corrected chi connectivity index (χ4v) is 2.44. The van der Waals surface area contributed by atoms with Crippen molar-refractivity contribution in [2.75, 3.05) is 6.54 Å². The van der Waals surface area contributed by atoms with Gasteiger partial charge in [0, 0.05) is 0 Å².